The van der Waals surface area contributed by atoms with E-state index >= 15 is 0 Å². The molecule has 0 spiro atoms. The van der Waals surface area contributed by atoms with Crippen molar-refractivity contribution >= 4 is 23.0 Å². The zero-order valence-electron chi connectivity index (χ0n) is 15.6. The molecule has 1 heterocycles. The molecule has 4 rings (SSSR count). The first kappa shape index (κ1) is 18.0. The number of nitrogens with one attached hydrogen (secondary N) is 1. The zero-order valence-corrected chi connectivity index (χ0v) is 15.6. The number of aryl methyl sites for hydroxylation is 1. The quantitative estimate of drug-likeness (QED) is 0.539. The third-order valence-corrected chi connectivity index (χ3v) is 4.98. The van der Waals surface area contributed by atoms with Crippen LogP contribution in [0.3, 0.4) is 0 Å². The Morgan fingerprint density at radius 3 is 2.89 bits per heavy atom. The van der Waals surface area contributed by atoms with Gasteiger partial charge in [-0.1, -0.05) is 18.2 Å². The number of ether oxygens (including phenoxy) is 1. The van der Waals surface area contributed by atoms with Crippen LogP contribution in [-0.2, 0) is 12.8 Å². The molecule has 0 saturated heterocycles. The van der Waals surface area contributed by atoms with Crippen LogP contribution in [0.5, 0.6) is 11.5 Å². The first-order valence-corrected chi connectivity index (χ1v) is 9.28. The number of methoxy groups -OCH3 is 1. The van der Waals surface area contributed by atoms with E-state index in [-0.39, 0.29) is 11.7 Å². The lowest BCUT2D eigenvalue weighted by Gasteiger charge is -2.19. The Bertz CT molecular complexity index is 1080. The number of hydrazone groups is 1. The molecule has 3 aromatic rings. The van der Waals surface area contributed by atoms with Crippen molar-refractivity contribution in [2.24, 2.45) is 5.10 Å². The molecule has 0 bridgehead atoms. The number of carbonyl (C=O) groups is 1. The number of para-hydroxylation sites is 1. The number of amides is 1. The molecule has 0 aliphatic heterocycles. The summed E-state index contributed by atoms with van der Waals surface area (Å²) >= 11 is 0. The minimum Gasteiger partial charge on any atom is -0.504 e. The molecule has 1 aliphatic carbocycles. The van der Waals surface area contributed by atoms with Gasteiger partial charge in [0.25, 0.3) is 5.91 Å². The van der Waals surface area contributed by atoms with E-state index in [1.54, 1.807) is 12.1 Å². The summed E-state index contributed by atoms with van der Waals surface area (Å²) in [5.41, 5.74) is 6.90. The molecule has 6 heteroatoms. The lowest BCUT2D eigenvalue weighted by atomic mass is 9.89. The van der Waals surface area contributed by atoms with Crippen LogP contribution in [0.2, 0.25) is 0 Å². The molecule has 1 aromatic heterocycles. The average Bonchev–Trinajstić information content (AvgIpc) is 2.73. The third kappa shape index (κ3) is 3.41. The standard InChI is InChI=1S/C22H21N3O3/c1-28-20-12-14(10-11-19(20)26)13-23-25-22(27)21-15-6-2-4-8-17(15)24-18-9-5-3-7-16(18)21/h2,4,6,8,10-13,26H,3,5,7,9H2,1H3,(H,25,27). The number of pyridine rings is 1. The molecule has 0 fully saturated rings. The van der Waals surface area contributed by atoms with Gasteiger partial charge in [-0.2, -0.15) is 5.10 Å². The van der Waals surface area contributed by atoms with Crippen LogP contribution < -0.4 is 10.2 Å². The van der Waals surface area contributed by atoms with Crippen molar-refractivity contribution in [1.29, 1.82) is 0 Å². The molecule has 2 N–H and O–H groups in total. The van der Waals surface area contributed by atoms with Crippen LogP contribution in [0.4, 0.5) is 0 Å². The number of aromatic hydroxyl groups is 1. The van der Waals surface area contributed by atoms with Gasteiger partial charge in [-0.3, -0.25) is 9.78 Å². The van der Waals surface area contributed by atoms with Gasteiger partial charge in [-0.05, 0) is 61.1 Å². The first-order chi connectivity index (χ1) is 13.7. The normalized spacial score (nSPS) is 13.5. The van der Waals surface area contributed by atoms with Crippen molar-refractivity contribution in [2.75, 3.05) is 7.11 Å². The van der Waals surface area contributed by atoms with Crippen molar-refractivity contribution in [3.8, 4) is 11.5 Å². The van der Waals surface area contributed by atoms with E-state index in [0.717, 1.165) is 47.8 Å². The fraction of sp³-hybridized carbons (Fsp3) is 0.227. The lowest BCUT2D eigenvalue weighted by Crippen LogP contribution is -2.22. The fourth-order valence-corrected chi connectivity index (χ4v) is 3.63. The van der Waals surface area contributed by atoms with Crippen molar-refractivity contribution in [3.63, 3.8) is 0 Å². The molecule has 1 aliphatic rings. The van der Waals surface area contributed by atoms with E-state index in [1.165, 1.54) is 19.4 Å². The van der Waals surface area contributed by atoms with Crippen LogP contribution in [0.1, 0.15) is 40.0 Å². The number of benzene rings is 2. The van der Waals surface area contributed by atoms with Crippen molar-refractivity contribution < 1.29 is 14.6 Å². The molecule has 0 saturated carbocycles. The van der Waals surface area contributed by atoms with Gasteiger partial charge in [-0.25, -0.2) is 5.43 Å². The second-order valence-corrected chi connectivity index (χ2v) is 6.77. The Labute approximate surface area is 162 Å². The van der Waals surface area contributed by atoms with Gasteiger partial charge in [0.2, 0.25) is 0 Å². The summed E-state index contributed by atoms with van der Waals surface area (Å²) in [4.78, 5) is 17.7. The van der Waals surface area contributed by atoms with E-state index in [2.05, 4.69) is 10.5 Å². The zero-order chi connectivity index (χ0) is 19.5. The number of hydrogen-bond acceptors (Lipinski definition) is 5. The largest absolute Gasteiger partial charge is 0.504 e. The van der Waals surface area contributed by atoms with E-state index in [4.69, 9.17) is 9.72 Å². The van der Waals surface area contributed by atoms with Crippen LogP contribution in [-0.4, -0.2) is 29.3 Å². The summed E-state index contributed by atoms with van der Waals surface area (Å²) in [7, 11) is 1.48. The summed E-state index contributed by atoms with van der Waals surface area (Å²) in [5.74, 6) is 0.168. The maximum atomic E-state index is 13.0. The summed E-state index contributed by atoms with van der Waals surface area (Å²) in [5, 5.41) is 14.6. The molecule has 0 radical (unpaired) electrons. The summed E-state index contributed by atoms with van der Waals surface area (Å²) < 4.78 is 5.09. The Hall–Kier alpha value is -3.41. The molecule has 0 unspecified atom stereocenters. The second kappa shape index (κ2) is 7.68. The maximum absolute atomic E-state index is 13.0. The molecular weight excluding hydrogens is 354 g/mol. The summed E-state index contributed by atoms with van der Waals surface area (Å²) in [6.07, 6.45) is 5.44. The predicted octanol–water partition coefficient (Wildman–Crippen LogP) is 3.59. The summed E-state index contributed by atoms with van der Waals surface area (Å²) in [6.45, 7) is 0. The van der Waals surface area contributed by atoms with Gasteiger partial charge in [0.1, 0.15) is 0 Å². The van der Waals surface area contributed by atoms with E-state index in [9.17, 15) is 9.90 Å². The van der Waals surface area contributed by atoms with Crippen molar-refractivity contribution in [2.45, 2.75) is 25.7 Å². The van der Waals surface area contributed by atoms with Gasteiger partial charge in [0.15, 0.2) is 11.5 Å². The van der Waals surface area contributed by atoms with Gasteiger partial charge >= 0.3 is 0 Å². The third-order valence-electron chi connectivity index (χ3n) is 4.98. The highest BCUT2D eigenvalue weighted by Gasteiger charge is 2.22. The van der Waals surface area contributed by atoms with Gasteiger partial charge in [-0.15, -0.1) is 0 Å². The average molecular weight is 375 g/mol. The number of aromatic nitrogens is 1. The Morgan fingerprint density at radius 1 is 1.21 bits per heavy atom. The Balaban J connectivity index is 1.64. The van der Waals surface area contributed by atoms with Crippen molar-refractivity contribution in [3.05, 3.63) is 64.8 Å². The van der Waals surface area contributed by atoms with Crippen molar-refractivity contribution in [1.82, 2.24) is 10.4 Å². The maximum Gasteiger partial charge on any atom is 0.272 e. The molecule has 0 atom stereocenters. The van der Waals surface area contributed by atoms with Gasteiger partial charge in [0.05, 0.1) is 24.4 Å². The number of phenolic OH excluding ortho intramolecular Hbond substituents is 1. The number of fused-ring (bicyclic) bond motifs is 2. The highest BCUT2D eigenvalue weighted by Crippen LogP contribution is 2.29. The van der Waals surface area contributed by atoms with Crippen LogP contribution in [0.25, 0.3) is 10.9 Å². The fourth-order valence-electron chi connectivity index (χ4n) is 3.63. The highest BCUT2D eigenvalue weighted by molar-refractivity contribution is 6.08. The topological polar surface area (TPSA) is 83.8 Å². The van der Waals surface area contributed by atoms with Crippen LogP contribution >= 0.6 is 0 Å². The predicted molar refractivity (Wildman–Crippen MR) is 108 cm³/mol. The smallest absolute Gasteiger partial charge is 0.272 e. The summed E-state index contributed by atoms with van der Waals surface area (Å²) in [6, 6.07) is 12.6. The SMILES string of the molecule is COc1cc(C=NNC(=O)c2c3c(nc4ccccc24)CCCC3)ccc1O. The molecule has 142 valence electrons. The monoisotopic (exact) mass is 375 g/mol. The molecular formula is C22H21N3O3. The van der Waals surface area contributed by atoms with E-state index < -0.39 is 0 Å². The van der Waals surface area contributed by atoms with E-state index in [1.807, 2.05) is 24.3 Å². The molecule has 28 heavy (non-hydrogen) atoms. The highest BCUT2D eigenvalue weighted by atomic mass is 16.5. The van der Waals surface area contributed by atoms with Gasteiger partial charge in [0, 0.05) is 11.1 Å². The second-order valence-electron chi connectivity index (χ2n) is 6.77. The molecule has 1 amide bonds. The first-order valence-electron chi connectivity index (χ1n) is 9.28. The molecule has 6 nitrogen and oxygen atoms in total. The Kier molecular flexibility index (Phi) is 4.93. The van der Waals surface area contributed by atoms with Crippen LogP contribution in [0.15, 0.2) is 47.6 Å². The number of phenols is 1. The number of rotatable bonds is 4. The number of nitrogens with zero attached hydrogens (tertiary/aromatic N) is 2. The molecule has 2 aromatic carbocycles. The minimum absolute atomic E-state index is 0.0542. The van der Waals surface area contributed by atoms with Crippen LogP contribution in [0, 0.1) is 0 Å². The number of carbonyl (C=O) groups excluding carboxylic acids is 1. The lowest BCUT2D eigenvalue weighted by molar-refractivity contribution is 0.0955. The van der Waals surface area contributed by atoms with Gasteiger partial charge < -0.3 is 9.84 Å². The minimum atomic E-state index is -0.237. The Morgan fingerprint density at radius 2 is 2.04 bits per heavy atom. The number of hydrogen-bond donors (Lipinski definition) is 2. The van der Waals surface area contributed by atoms with E-state index in [0.29, 0.717) is 16.9 Å².